The van der Waals surface area contributed by atoms with E-state index in [0.29, 0.717) is 17.1 Å². The van der Waals surface area contributed by atoms with Crippen molar-refractivity contribution in [3.63, 3.8) is 0 Å². The summed E-state index contributed by atoms with van der Waals surface area (Å²) in [5, 5.41) is 3.21. The molecule has 0 aromatic heterocycles. The van der Waals surface area contributed by atoms with Crippen LogP contribution >= 0.6 is 0 Å². The van der Waals surface area contributed by atoms with Crippen molar-refractivity contribution in [1.82, 2.24) is 5.32 Å². The number of carbonyl (C=O) groups excluding carboxylic acids is 2. The van der Waals surface area contributed by atoms with Gasteiger partial charge in [0, 0.05) is 5.54 Å². The predicted octanol–water partition coefficient (Wildman–Crippen LogP) is 2.95. The normalized spacial score (nSPS) is 30.7. The van der Waals surface area contributed by atoms with E-state index >= 15 is 0 Å². The maximum Gasteiger partial charge on any atom is 0.338 e. The average Bonchev–Trinajstić information content (AvgIpc) is 2.64. The summed E-state index contributed by atoms with van der Waals surface area (Å²) in [4.78, 5) is 24.7. The molecule has 0 radical (unpaired) electrons. The topological polar surface area (TPSA) is 73.9 Å². The molecule has 0 spiro atoms. The molecule has 6 heteroatoms. The summed E-state index contributed by atoms with van der Waals surface area (Å²) < 4.78 is 15.6. The quantitative estimate of drug-likeness (QED) is 0.776. The fourth-order valence-electron chi connectivity index (χ4n) is 5.77. The average molecular weight is 373 g/mol. The molecule has 4 aliphatic carbocycles. The number of ether oxygens (including phenoxy) is 3. The molecule has 0 saturated heterocycles. The third-order valence-electron chi connectivity index (χ3n) is 6.40. The highest BCUT2D eigenvalue weighted by molar-refractivity contribution is 5.92. The second-order valence-electron chi connectivity index (χ2n) is 8.39. The van der Waals surface area contributed by atoms with Crippen molar-refractivity contribution in [3.8, 4) is 11.5 Å². The maximum absolute atomic E-state index is 12.5. The van der Waals surface area contributed by atoms with Gasteiger partial charge in [0.25, 0.3) is 5.91 Å². The second-order valence-corrected chi connectivity index (χ2v) is 8.39. The zero-order valence-electron chi connectivity index (χ0n) is 16.0. The summed E-state index contributed by atoms with van der Waals surface area (Å²) in [5.41, 5.74) is 0.261. The Morgan fingerprint density at radius 3 is 2.15 bits per heavy atom. The van der Waals surface area contributed by atoms with Gasteiger partial charge < -0.3 is 19.5 Å². The van der Waals surface area contributed by atoms with E-state index in [2.05, 4.69) is 5.32 Å². The number of benzene rings is 1. The van der Waals surface area contributed by atoms with Crippen molar-refractivity contribution in [2.75, 3.05) is 20.8 Å². The molecular formula is C21H27NO5. The monoisotopic (exact) mass is 373 g/mol. The van der Waals surface area contributed by atoms with Crippen molar-refractivity contribution in [2.24, 2.45) is 17.8 Å². The lowest BCUT2D eigenvalue weighted by atomic mass is 9.53. The number of esters is 1. The number of amides is 1. The first-order valence-corrected chi connectivity index (χ1v) is 9.70. The van der Waals surface area contributed by atoms with Gasteiger partial charge >= 0.3 is 5.97 Å². The molecular weight excluding hydrogens is 346 g/mol. The third-order valence-corrected chi connectivity index (χ3v) is 6.40. The molecule has 1 aromatic carbocycles. The highest BCUT2D eigenvalue weighted by Crippen LogP contribution is 2.55. The van der Waals surface area contributed by atoms with Gasteiger partial charge in [-0.25, -0.2) is 4.79 Å². The molecule has 4 aliphatic rings. The first-order chi connectivity index (χ1) is 13.0. The van der Waals surface area contributed by atoms with E-state index in [0.717, 1.165) is 37.0 Å². The molecule has 6 nitrogen and oxygen atoms in total. The Hall–Kier alpha value is -2.24. The van der Waals surface area contributed by atoms with Crippen molar-refractivity contribution in [3.05, 3.63) is 23.8 Å². The van der Waals surface area contributed by atoms with Crippen LogP contribution in [-0.4, -0.2) is 38.2 Å². The first kappa shape index (κ1) is 18.1. The maximum atomic E-state index is 12.5. The van der Waals surface area contributed by atoms with Crippen LogP contribution in [0.15, 0.2) is 18.2 Å². The van der Waals surface area contributed by atoms with Gasteiger partial charge in [0.15, 0.2) is 18.1 Å². The van der Waals surface area contributed by atoms with Crippen molar-refractivity contribution >= 4 is 11.9 Å². The molecule has 146 valence electrons. The fraction of sp³-hybridized carbons (Fsp3) is 0.619. The summed E-state index contributed by atoms with van der Waals surface area (Å²) in [6.45, 7) is -0.255. The van der Waals surface area contributed by atoms with E-state index in [1.54, 1.807) is 18.2 Å². The van der Waals surface area contributed by atoms with Crippen LogP contribution in [-0.2, 0) is 9.53 Å². The summed E-state index contributed by atoms with van der Waals surface area (Å²) in [7, 11) is 3.04. The minimum absolute atomic E-state index is 0.0679. The minimum atomic E-state index is -0.545. The Morgan fingerprint density at radius 2 is 1.59 bits per heavy atom. The Kier molecular flexibility index (Phi) is 4.74. The lowest BCUT2D eigenvalue weighted by molar-refractivity contribution is -0.130. The second kappa shape index (κ2) is 7.06. The zero-order chi connectivity index (χ0) is 19.0. The highest BCUT2D eigenvalue weighted by atomic mass is 16.5. The molecule has 1 N–H and O–H groups in total. The van der Waals surface area contributed by atoms with Gasteiger partial charge in [0.2, 0.25) is 0 Å². The minimum Gasteiger partial charge on any atom is -0.493 e. The van der Waals surface area contributed by atoms with Crippen molar-refractivity contribution < 1.29 is 23.8 Å². The van der Waals surface area contributed by atoms with Gasteiger partial charge in [-0.1, -0.05) is 0 Å². The predicted molar refractivity (Wildman–Crippen MR) is 98.9 cm³/mol. The molecule has 4 bridgehead atoms. The number of carbonyl (C=O) groups is 2. The molecule has 4 fully saturated rings. The van der Waals surface area contributed by atoms with Gasteiger partial charge in [-0.3, -0.25) is 4.79 Å². The highest BCUT2D eigenvalue weighted by Gasteiger charge is 2.51. The summed E-state index contributed by atoms with van der Waals surface area (Å²) in [6.07, 6.45) is 7.20. The Morgan fingerprint density at radius 1 is 1.00 bits per heavy atom. The van der Waals surface area contributed by atoms with E-state index in [9.17, 15) is 9.59 Å². The standard InChI is InChI=1S/C21H27NO5/c1-25-17-4-3-16(8-18(17)26-2)20(24)27-12-19(23)22-21-9-13-5-14(10-21)7-15(6-13)11-21/h3-4,8,13-15H,5-7,9-12H2,1-2H3,(H,22,23). The number of hydrogen-bond donors (Lipinski definition) is 1. The number of nitrogens with one attached hydrogen (secondary N) is 1. The van der Waals surface area contributed by atoms with Crippen LogP contribution in [0.25, 0.3) is 0 Å². The summed E-state index contributed by atoms with van der Waals surface area (Å²) in [6, 6.07) is 4.80. The van der Waals surface area contributed by atoms with Crippen LogP contribution in [0.2, 0.25) is 0 Å². The van der Waals surface area contributed by atoms with Gasteiger partial charge in [0.1, 0.15) is 0 Å². The number of methoxy groups -OCH3 is 2. The molecule has 27 heavy (non-hydrogen) atoms. The first-order valence-electron chi connectivity index (χ1n) is 9.70. The molecule has 4 saturated carbocycles. The van der Waals surface area contributed by atoms with Crippen LogP contribution in [0.5, 0.6) is 11.5 Å². The van der Waals surface area contributed by atoms with Gasteiger partial charge in [0.05, 0.1) is 19.8 Å². The number of rotatable bonds is 6. The SMILES string of the molecule is COc1ccc(C(=O)OCC(=O)NC23CC4CC(CC(C4)C2)C3)cc1OC. The van der Waals surface area contributed by atoms with Crippen LogP contribution in [0, 0.1) is 17.8 Å². The molecule has 1 amide bonds. The van der Waals surface area contributed by atoms with Crippen LogP contribution < -0.4 is 14.8 Å². The van der Waals surface area contributed by atoms with Crippen LogP contribution in [0.3, 0.4) is 0 Å². The number of hydrogen-bond acceptors (Lipinski definition) is 5. The Bertz CT molecular complexity index is 709. The fourth-order valence-corrected chi connectivity index (χ4v) is 5.77. The van der Waals surface area contributed by atoms with Gasteiger partial charge in [-0.05, 0) is 74.5 Å². The molecule has 0 aliphatic heterocycles. The Balaban J connectivity index is 1.34. The largest absolute Gasteiger partial charge is 0.493 e. The van der Waals surface area contributed by atoms with E-state index in [1.807, 2.05) is 0 Å². The van der Waals surface area contributed by atoms with Crippen LogP contribution in [0.4, 0.5) is 0 Å². The summed E-state index contributed by atoms with van der Waals surface area (Å²) >= 11 is 0. The van der Waals surface area contributed by atoms with E-state index in [4.69, 9.17) is 14.2 Å². The molecule has 0 unspecified atom stereocenters. The van der Waals surface area contributed by atoms with Crippen LogP contribution in [0.1, 0.15) is 48.9 Å². The lowest BCUT2D eigenvalue weighted by Gasteiger charge is -2.56. The van der Waals surface area contributed by atoms with Crippen molar-refractivity contribution in [2.45, 2.75) is 44.1 Å². The van der Waals surface area contributed by atoms with E-state index in [1.165, 1.54) is 33.5 Å². The summed E-state index contributed by atoms with van der Waals surface area (Å²) in [5.74, 6) is 2.50. The van der Waals surface area contributed by atoms with Gasteiger partial charge in [-0.2, -0.15) is 0 Å². The van der Waals surface area contributed by atoms with Crippen molar-refractivity contribution in [1.29, 1.82) is 0 Å². The third kappa shape index (κ3) is 3.62. The Labute approximate surface area is 159 Å². The zero-order valence-corrected chi connectivity index (χ0v) is 16.0. The molecule has 0 heterocycles. The van der Waals surface area contributed by atoms with E-state index < -0.39 is 5.97 Å². The van der Waals surface area contributed by atoms with Gasteiger partial charge in [-0.15, -0.1) is 0 Å². The lowest BCUT2D eigenvalue weighted by Crippen LogP contribution is -2.60. The van der Waals surface area contributed by atoms with E-state index in [-0.39, 0.29) is 18.1 Å². The molecule has 0 atom stereocenters. The molecule has 1 aromatic rings. The smallest absolute Gasteiger partial charge is 0.338 e. The molecule has 5 rings (SSSR count).